The minimum absolute atomic E-state index is 0.106. The van der Waals surface area contributed by atoms with E-state index in [9.17, 15) is 13.2 Å². The highest BCUT2D eigenvalue weighted by molar-refractivity contribution is 14.1. The van der Waals surface area contributed by atoms with Gasteiger partial charge in [-0.25, -0.2) is 13.2 Å². The first-order chi connectivity index (χ1) is 10.2. The Bertz CT molecular complexity index is 852. The standard InChI is InChI=1S/C14H11BrINO4S/c1-8-6-9(16)2-5-13(8)17-22(20,21)10-3-4-12(15)11(7-10)14(18)19/h2-7,17H,1H3,(H,18,19). The molecule has 8 heteroatoms. The van der Waals surface area contributed by atoms with Crippen LogP contribution in [0.5, 0.6) is 0 Å². The molecule has 0 aliphatic heterocycles. The van der Waals surface area contributed by atoms with Gasteiger partial charge in [0.1, 0.15) is 0 Å². The molecule has 0 spiro atoms. The maximum absolute atomic E-state index is 12.4. The molecule has 2 rings (SSSR count). The van der Waals surface area contributed by atoms with Gasteiger partial charge < -0.3 is 5.11 Å². The summed E-state index contributed by atoms with van der Waals surface area (Å²) in [6, 6.07) is 9.18. The Morgan fingerprint density at radius 2 is 1.91 bits per heavy atom. The molecule has 0 heterocycles. The molecule has 0 bridgehead atoms. The van der Waals surface area contributed by atoms with Gasteiger partial charge in [0.15, 0.2) is 0 Å². The monoisotopic (exact) mass is 495 g/mol. The van der Waals surface area contributed by atoms with Crippen molar-refractivity contribution in [3.63, 3.8) is 0 Å². The number of hydrogen-bond acceptors (Lipinski definition) is 3. The first-order valence-corrected chi connectivity index (χ1v) is 9.38. The minimum Gasteiger partial charge on any atom is -0.478 e. The van der Waals surface area contributed by atoms with Gasteiger partial charge in [0.05, 0.1) is 16.1 Å². The van der Waals surface area contributed by atoms with Crippen molar-refractivity contribution >= 4 is 60.2 Å². The zero-order valence-electron chi connectivity index (χ0n) is 11.3. The van der Waals surface area contributed by atoms with Crippen LogP contribution in [0.1, 0.15) is 15.9 Å². The Kier molecular flexibility index (Phi) is 5.13. The van der Waals surface area contributed by atoms with Crippen LogP contribution in [-0.4, -0.2) is 19.5 Å². The molecule has 2 aromatic carbocycles. The second-order valence-electron chi connectivity index (χ2n) is 4.51. The van der Waals surface area contributed by atoms with Crippen molar-refractivity contribution in [1.29, 1.82) is 0 Å². The van der Waals surface area contributed by atoms with Crippen molar-refractivity contribution in [2.45, 2.75) is 11.8 Å². The molecule has 0 atom stereocenters. The largest absolute Gasteiger partial charge is 0.478 e. The minimum atomic E-state index is -3.86. The molecule has 0 amide bonds. The zero-order chi connectivity index (χ0) is 16.5. The fourth-order valence-corrected chi connectivity index (χ4v) is 4.00. The third kappa shape index (κ3) is 3.79. The SMILES string of the molecule is Cc1cc(I)ccc1NS(=O)(=O)c1ccc(Br)c(C(=O)O)c1. The lowest BCUT2D eigenvalue weighted by Gasteiger charge is -2.11. The van der Waals surface area contributed by atoms with Crippen LogP contribution in [0, 0.1) is 10.5 Å². The van der Waals surface area contributed by atoms with Crippen LogP contribution in [0.2, 0.25) is 0 Å². The number of carboxylic acid groups (broad SMARTS) is 1. The van der Waals surface area contributed by atoms with Crippen molar-refractivity contribution in [1.82, 2.24) is 0 Å². The fraction of sp³-hybridized carbons (Fsp3) is 0.0714. The summed E-state index contributed by atoms with van der Waals surface area (Å²) in [5, 5.41) is 9.07. The van der Waals surface area contributed by atoms with E-state index in [1.165, 1.54) is 12.1 Å². The molecule has 5 nitrogen and oxygen atoms in total. The summed E-state index contributed by atoms with van der Waals surface area (Å²) >= 11 is 5.23. The Morgan fingerprint density at radius 3 is 2.50 bits per heavy atom. The molecule has 2 N–H and O–H groups in total. The number of halogens is 2. The summed E-state index contributed by atoms with van der Waals surface area (Å²) in [4.78, 5) is 11.0. The lowest BCUT2D eigenvalue weighted by atomic mass is 10.2. The van der Waals surface area contributed by atoms with E-state index in [1.807, 2.05) is 6.07 Å². The number of aromatic carboxylic acids is 1. The molecular formula is C14H11BrINO4S. The highest BCUT2D eigenvalue weighted by Crippen LogP contribution is 2.25. The van der Waals surface area contributed by atoms with E-state index in [0.717, 1.165) is 15.2 Å². The van der Waals surface area contributed by atoms with Gasteiger partial charge in [0.2, 0.25) is 0 Å². The number of nitrogens with one attached hydrogen (secondary N) is 1. The van der Waals surface area contributed by atoms with Gasteiger partial charge in [-0.3, -0.25) is 4.72 Å². The first kappa shape index (κ1) is 17.2. The maximum Gasteiger partial charge on any atom is 0.336 e. The van der Waals surface area contributed by atoms with Crippen molar-refractivity contribution in [2.24, 2.45) is 0 Å². The van der Waals surface area contributed by atoms with Crippen LogP contribution in [0.3, 0.4) is 0 Å². The van der Waals surface area contributed by atoms with E-state index in [-0.39, 0.29) is 10.5 Å². The summed E-state index contributed by atoms with van der Waals surface area (Å²) in [7, 11) is -3.86. The number of benzene rings is 2. The molecule has 0 aromatic heterocycles. The maximum atomic E-state index is 12.4. The van der Waals surface area contributed by atoms with Gasteiger partial charge in [-0.05, 0) is 87.4 Å². The molecule has 0 aliphatic rings. The van der Waals surface area contributed by atoms with E-state index in [4.69, 9.17) is 5.11 Å². The highest BCUT2D eigenvalue weighted by Gasteiger charge is 2.19. The van der Waals surface area contributed by atoms with Gasteiger partial charge in [-0.15, -0.1) is 0 Å². The quantitative estimate of drug-likeness (QED) is 0.631. The van der Waals surface area contributed by atoms with Gasteiger partial charge in [0, 0.05) is 8.04 Å². The van der Waals surface area contributed by atoms with Crippen LogP contribution in [0.25, 0.3) is 0 Å². The number of aryl methyl sites for hydroxylation is 1. The second kappa shape index (κ2) is 6.55. The highest BCUT2D eigenvalue weighted by atomic mass is 127. The van der Waals surface area contributed by atoms with Crippen molar-refractivity contribution in [3.05, 3.63) is 55.6 Å². The van der Waals surface area contributed by atoms with Crippen molar-refractivity contribution < 1.29 is 18.3 Å². The molecule has 116 valence electrons. The molecule has 0 radical (unpaired) electrons. The average molecular weight is 496 g/mol. The van der Waals surface area contributed by atoms with E-state index < -0.39 is 16.0 Å². The summed E-state index contributed by atoms with van der Waals surface area (Å²) in [5.41, 5.74) is 1.13. The van der Waals surface area contributed by atoms with Gasteiger partial charge >= 0.3 is 5.97 Å². The van der Waals surface area contributed by atoms with E-state index in [1.54, 1.807) is 19.1 Å². The normalized spacial score (nSPS) is 11.2. The molecular weight excluding hydrogens is 485 g/mol. The van der Waals surface area contributed by atoms with Crippen LogP contribution < -0.4 is 4.72 Å². The lowest BCUT2D eigenvalue weighted by molar-refractivity contribution is 0.0695. The lowest BCUT2D eigenvalue weighted by Crippen LogP contribution is -2.14. The Labute approximate surface area is 150 Å². The van der Waals surface area contributed by atoms with E-state index in [2.05, 4.69) is 43.2 Å². The van der Waals surface area contributed by atoms with Gasteiger partial charge in [0.25, 0.3) is 10.0 Å². The van der Waals surface area contributed by atoms with Crippen LogP contribution >= 0.6 is 38.5 Å². The van der Waals surface area contributed by atoms with Crippen LogP contribution in [0.4, 0.5) is 5.69 Å². The molecule has 0 fully saturated rings. The van der Waals surface area contributed by atoms with E-state index in [0.29, 0.717) is 10.2 Å². The summed E-state index contributed by atoms with van der Waals surface area (Å²) in [6.45, 7) is 1.80. The Hall–Kier alpha value is -1.13. The summed E-state index contributed by atoms with van der Waals surface area (Å²) < 4.78 is 28.6. The fourth-order valence-electron chi connectivity index (χ4n) is 1.78. The van der Waals surface area contributed by atoms with Crippen molar-refractivity contribution in [2.75, 3.05) is 4.72 Å². The molecule has 0 saturated heterocycles. The number of anilines is 1. The molecule has 2 aromatic rings. The topological polar surface area (TPSA) is 83.5 Å². The van der Waals surface area contributed by atoms with Crippen LogP contribution in [-0.2, 0) is 10.0 Å². The summed E-state index contributed by atoms with van der Waals surface area (Å²) in [5.74, 6) is -1.20. The molecule has 0 saturated carbocycles. The van der Waals surface area contributed by atoms with Gasteiger partial charge in [-0.1, -0.05) is 0 Å². The van der Waals surface area contributed by atoms with E-state index >= 15 is 0 Å². The van der Waals surface area contributed by atoms with Crippen LogP contribution in [0.15, 0.2) is 45.8 Å². The third-order valence-electron chi connectivity index (χ3n) is 2.91. The molecule has 0 unspecified atom stereocenters. The number of sulfonamides is 1. The van der Waals surface area contributed by atoms with Crippen molar-refractivity contribution in [3.8, 4) is 0 Å². The number of carbonyl (C=O) groups is 1. The summed E-state index contributed by atoms with van der Waals surface area (Å²) in [6.07, 6.45) is 0. The Morgan fingerprint density at radius 1 is 1.23 bits per heavy atom. The smallest absolute Gasteiger partial charge is 0.336 e. The third-order valence-corrected chi connectivity index (χ3v) is 5.64. The second-order valence-corrected chi connectivity index (χ2v) is 8.29. The van der Waals surface area contributed by atoms with Gasteiger partial charge in [-0.2, -0.15) is 0 Å². The predicted octanol–water partition coefficient (Wildman–Crippen LogP) is 3.86. The number of rotatable bonds is 4. The number of hydrogen-bond donors (Lipinski definition) is 2. The average Bonchev–Trinajstić information content (AvgIpc) is 2.42. The first-order valence-electron chi connectivity index (χ1n) is 6.02. The molecule has 0 aliphatic carbocycles. The predicted molar refractivity (Wildman–Crippen MR) is 95.8 cm³/mol. The number of carboxylic acids is 1. The Balaban J connectivity index is 2.42. The zero-order valence-corrected chi connectivity index (χ0v) is 15.9. The molecule has 22 heavy (non-hydrogen) atoms.